The smallest absolute Gasteiger partial charge is 0.337 e. The number of ketones is 1. The van der Waals surface area contributed by atoms with Crippen LogP contribution in [0.15, 0.2) is 36.5 Å². The third kappa shape index (κ3) is 4.60. The summed E-state index contributed by atoms with van der Waals surface area (Å²) in [7, 11) is 1.32. The van der Waals surface area contributed by atoms with Crippen LogP contribution in [0.4, 0.5) is 0 Å². The first-order chi connectivity index (χ1) is 11.0. The molecule has 0 bridgehead atoms. The van der Waals surface area contributed by atoms with Crippen molar-refractivity contribution in [1.82, 2.24) is 15.0 Å². The monoisotopic (exact) mass is 313 g/mol. The lowest BCUT2D eigenvalue weighted by atomic mass is 10.1. The van der Waals surface area contributed by atoms with Crippen molar-refractivity contribution in [3.05, 3.63) is 53.4 Å². The second-order valence-electron chi connectivity index (χ2n) is 5.53. The Bertz CT molecular complexity index is 715. The van der Waals surface area contributed by atoms with E-state index >= 15 is 0 Å². The average molecular weight is 313 g/mol. The molecule has 0 saturated heterocycles. The number of carbonyl (C=O) groups is 2. The van der Waals surface area contributed by atoms with Crippen LogP contribution in [-0.2, 0) is 11.3 Å². The van der Waals surface area contributed by atoms with Crippen molar-refractivity contribution in [3.63, 3.8) is 0 Å². The van der Waals surface area contributed by atoms with Crippen LogP contribution >= 0.6 is 0 Å². The van der Waals surface area contributed by atoms with Crippen LogP contribution in [0, 0.1) is 5.92 Å². The molecule has 0 amide bonds. The molecule has 1 aromatic heterocycles. The Morgan fingerprint density at radius 3 is 2.48 bits per heavy atom. The van der Waals surface area contributed by atoms with Gasteiger partial charge in [0.1, 0.15) is 5.69 Å². The number of rotatable bonds is 6. The first-order valence-corrected chi connectivity index (χ1v) is 7.30. The maximum Gasteiger partial charge on any atom is 0.337 e. The van der Waals surface area contributed by atoms with Gasteiger partial charge in [0.2, 0.25) is 0 Å². The third-order valence-electron chi connectivity index (χ3n) is 3.10. The van der Waals surface area contributed by atoms with Gasteiger partial charge >= 0.3 is 5.97 Å². The standard InChI is InChI=1S/C17H19N3O3/c1-12(2)10-20-11-15(18-19-20)8-9-16(21)13-4-6-14(7-5-13)17(22)23-3/h4-9,11-12H,10H2,1-3H3/b9-8+. The maximum atomic E-state index is 12.1. The first-order valence-electron chi connectivity index (χ1n) is 7.30. The molecule has 2 rings (SSSR count). The lowest BCUT2D eigenvalue weighted by Gasteiger charge is -2.01. The lowest BCUT2D eigenvalue weighted by Crippen LogP contribution is -2.04. The predicted octanol–water partition coefficient (Wildman–Crippen LogP) is 2.62. The summed E-state index contributed by atoms with van der Waals surface area (Å²) in [5.74, 6) is -0.121. The van der Waals surface area contributed by atoms with E-state index in [2.05, 4.69) is 28.9 Å². The van der Waals surface area contributed by atoms with Gasteiger partial charge in [0.15, 0.2) is 5.78 Å². The van der Waals surface area contributed by atoms with Crippen molar-refractivity contribution < 1.29 is 14.3 Å². The van der Waals surface area contributed by atoms with Crippen molar-refractivity contribution in [2.45, 2.75) is 20.4 Å². The van der Waals surface area contributed by atoms with Crippen LogP contribution in [0.3, 0.4) is 0 Å². The molecule has 0 aliphatic rings. The summed E-state index contributed by atoms with van der Waals surface area (Å²) in [5, 5.41) is 8.00. The number of nitrogens with zero attached hydrogens (tertiary/aromatic N) is 3. The Morgan fingerprint density at radius 1 is 1.22 bits per heavy atom. The molecule has 0 saturated carbocycles. The normalized spacial score (nSPS) is 11.1. The number of methoxy groups -OCH3 is 1. The molecule has 1 heterocycles. The van der Waals surface area contributed by atoms with E-state index in [1.165, 1.54) is 13.2 Å². The van der Waals surface area contributed by atoms with Gasteiger partial charge in [-0.25, -0.2) is 4.79 Å². The number of esters is 1. The molecule has 0 radical (unpaired) electrons. The van der Waals surface area contributed by atoms with E-state index in [9.17, 15) is 9.59 Å². The Morgan fingerprint density at radius 2 is 1.87 bits per heavy atom. The van der Waals surface area contributed by atoms with Gasteiger partial charge in [-0.1, -0.05) is 31.2 Å². The molecule has 6 heteroatoms. The Kier molecular flexibility index (Phi) is 5.41. The maximum absolute atomic E-state index is 12.1. The fourth-order valence-corrected chi connectivity index (χ4v) is 2.00. The molecule has 0 unspecified atom stereocenters. The molecule has 0 N–H and O–H groups in total. The number of benzene rings is 1. The van der Waals surface area contributed by atoms with Crippen LogP contribution in [0.1, 0.15) is 40.3 Å². The van der Waals surface area contributed by atoms with Crippen LogP contribution in [0.5, 0.6) is 0 Å². The van der Waals surface area contributed by atoms with Crippen molar-refractivity contribution in [2.75, 3.05) is 7.11 Å². The van der Waals surface area contributed by atoms with Gasteiger partial charge in [-0.3, -0.25) is 9.48 Å². The highest BCUT2D eigenvalue weighted by molar-refractivity contribution is 6.07. The molecular formula is C17H19N3O3. The number of carbonyl (C=O) groups excluding carboxylic acids is 2. The summed E-state index contributed by atoms with van der Waals surface area (Å²) in [6.07, 6.45) is 4.86. The minimum Gasteiger partial charge on any atom is -0.465 e. The molecule has 2 aromatic rings. The van der Waals surface area contributed by atoms with Crippen molar-refractivity contribution in [2.24, 2.45) is 5.92 Å². The first kappa shape index (κ1) is 16.6. The highest BCUT2D eigenvalue weighted by atomic mass is 16.5. The van der Waals surface area contributed by atoms with Gasteiger partial charge in [-0.15, -0.1) is 5.10 Å². The molecule has 23 heavy (non-hydrogen) atoms. The summed E-state index contributed by atoms with van der Waals surface area (Å²) in [6.45, 7) is 4.97. The van der Waals surface area contributed by atoms with Crippen molar-refractivity contribution in [1.29, 1.82) is 0 Å². The van der Waals surface area contributed by atoms with Gasteiger partial charge in [0.25, 0.3) is 0 Å². The van der Waals surface area contributed by atoms with E-state index in [0.717, 1.165) is 6.54 Å². The summed E-state index contributed by atoms with van der Waals surface area (Å²) in [6, 6.07) is 6.31. The van der Waals surface area contributed by atoms with E-state index in [-0.39, 0.29) is 5.78 Å². The zero-order valence-corrected chi connectivity index (χ0v) is 13.4. The zero-order chi connectivity index (χ0) is 16.8. The lowest BCUT2D eigenvalue weighted by molar-refractivity contribution is 0.0600. The molecule has 6 nitrogen and oxygen atoms in total. The topological polar surface area (TPSA) is 74.1 Å². The fraction of sp³-hybridized carbons (Fsp3) is 0.294. The fourth-order valence-electron chi connectivity index (χ4n) is 2.00. The Balaban J connectivity index is 2.03. The minimum absolute atomic E-state index is 0.167. The summed E-state index contributed by atoms with van der Waals surface area (Å²) < 4.78 is 6.37. The SMILES string of the molecule is COC(=O)c1ccc(C(=O)/C=C/c2cn(CC(C)C)nn2)cc1. The van der Waals surface area contributed by atoms with Gasteiger partial charge < -0.3 is 4.74 Å². The molecule has 0 aliphatic heterocycles. The van der Waals surface area contributed by atoms with Gasteiger partial charge in [0.05, 0.1) is 18.9 Å². The summed E-state index contributed by atoms with van der Waals surface area (Å²) in [5.41, 5.74) is 1.53. The van der Waals surface area contributed by atoms with E-state index in [1.807, 2.05) is 0 Å². The number of hydrogen-bond acceptors (Lipinski definition) is 5. The summed E-state index contributed by atoms with van der Waals surface area (Å²) >= 11 is 0. The van der Waals surface area contributed by atoms with Crippen LogP contribution in [0.2, 0.25) is 0 Å². The van der Waals surface area contributed by atoms with Gasteiger partial charge in [-0.05, 0) is 30.2 Å². The van der Waals surface area contributed by atoms with E-state index in [4.69, 9.17) is 0 Å². The quantitative estimate of drug-likeness (QED) is 0.465. The number of allylic oxidation sites excluding steroid dienone is 1. The van der Waals surface area contributed by atoms with Crippen molar-refractivity contribution in [3.8, 4) is 0 Å². The molecular weight excluding hydrogens is 294 g/mol. The largest absolute Gasteiger partial charge is 0.465 e. The number of ether oxygens (including phenoxy) is 1. The van der Waals surface area contributed by atoms with E-state index < -0.39 is 5.97 Å². The average Bonchev–Trinajstić information content (AvgIpc) is 2.98. The van der Waals surface area contributed by atoms with Crippen LogP contribution < -0.4 is 0 Å². The minimum atomic E-state index is -0.429. The van der Waals surface area contributed by atoms with Crippen LogP contribution in [-0.4, -0.2) is 33.9 Å². The molecule has 0 atom stereocenters. The molecule has 0 fully saturated rings. The van der Waals surface area contributed by atoms with Gasteiger partial charge in [0, 0.05) is 12.1 Å². The van der Waals surface area contributed by atoms with Crippen LogP contribution in [0.25, 0.3) is 6.08 Å². The Labute approximate surface area is 134 Å². The Hall–Kier alpha value is -2.76. The molecule has 0 aliphatic carbocycles. The summed E-state index contributed by atoms with van der Waals surface area (Å²) in [4.78, 5) is 23.4. The second-order valence-corrected chi connectivity index (χ2v) is 5.53. The highest BCUT2D eigenvalue weighted by Gasteiger charge is 2.07. The van der Waals surface area contributed by atoms with E-state index in [0.29, 0.717) is 22.7 Å². The molecule has 0 spiro atoms. The number of aromatic nitrogens is 3. The van der Waals surface area contributed by atoms with Crippen molar-refractivity contribution >= 4 is 17.8 Å². The van der Waals surface area contributed by atoms with E-state index in [1.54, 1.807) is 41.2 Å². The zero-order valence-electron chi connectivity index (χ0n) is 13.4. The molecule has 1 aromatic carbocycles. The third-order valence-corrected chi connectivity index (χ3v) is 3.10. The van der Waals surface area contributed by atoms with Gasteiger partial charge in [-0.2, -0.15) is 0 Å². The molecule has 120 valence electrons. The predicted molar refractivity (Wildman–Crippen MR) is 86.0 cm³/mol. The number of hydrogen-bond donors (Lipinski definition) is 0. The highest BCUT2D eigenvalue weighted by Crippen LogP contribution is 2.08. The second kappa shape index (κ2) is 7.49.